The maximum Gasteiger partial charge on any atom is 0.150 e. The van der Waals surface area contributed by atoms with Crippen LogP contribution in [0.3, 0.4) is 0 Å². The maximum atomic E-state index is 5.88. The predicted molar refractivity (Wildman–Crippen MR) is 82.8 cm³/mol. The number of hydrogen-bond donors (Lipinski definition) is 1. The zero-order chi connectivity index (χ0) is 11.5. The average Bonchev–Trinajstić information content (AvgIpc) is 2.22. The van der Waals surface area contributed by atoms with Crippen molar-refractivity contribution in [1.82, 2.24) is 0 Å². The van der Waals surface area contributed by atoms with Crippen LogP contribution in [0.2, 0.25) is 0 Å². The van der Waals surface area contributed by atoms with Crippen LogP contribution in [-0.2, 0) is 0 Å². The molecular formula is C12H9I2NO. The second-order valence-electron chi connectivity index (χ2n) is 3.24. The zero-order valence-corrected chi connectivity index (χ0v) is 12.6. The van der Waals surface area contributed by atoms with Crippen LogP contribution in [-0.4, -0.2) is 0 Å². The summed E-state index contributed by atoms with van der Waals surface area (Å²) in [6.07, 6.45) is 0. The Balaban J connectivity index is 2.27. The first-order valence-electron chi connectivity index (χ1n) is 4.63. The Hall–Kier alpha value is -0.500. The summed E-state index contributed by atoms with van der Waals surface area (Å²) in [5.41, 5.74) is 6.53. The molecule has 0 aliphatic carbocycles. The highest BCUT2D eigenvalue weighted by Gasteiger charge is 2.02. The normalized spacial score (nSPS) is 10.1. The van der Waals surface area contributed by atoms with E-state index in [9.17, 15) is 0 Å². The molecule has 0 fully saturated rings. The fourth-order valence-corrected chi connectivity index (χ4v) is 2.30. The molecule has 2 aromatic carbocycles. The van der Waals surface area contributed by atoms with Crippen molar-refractivity contribution in [3.63, 3.8) is 0 Å². The standard InChI is InChI=1S/C12H9I2NO/c13-8-2-1-3-10(6-8)16-12-5-4-9(14)7-11(12)15/h1-7H,15H2. The van der Waals surface area contributed by atoms with Crippen LogP contribution in [0.4, 0.5) is 5.69 Å². The van der Waals surface area contributed by atoms with Crippen LogP contribution < -0.4 is 10.5 Å². The number of rotatable bonds is 2. The van der Waals surface area contributed by atoms with Gasteiger partial charge < -0.3 is 10.5 Å². The van der Waals surface area contributed by atoms with Crippen LogP contribution >= 0.6 is 45.2 Å². The van der Waals surface area contributed by atoms with Crippen molar-refractivity contribution < 1.29 is 4.74 Å². The smallest absolute Gasteiger partial charge is 0.150 e. The molecule has 0 radical (unpaired) electrons. The molecule has 0 atom stereocenters. The Morgan fingerprint density at radius 2 is 1.69 bits per heavy atom. The number of nitrogens with two attached hydrogens (primary N) is 1. The molecule has 0 unspecified atom stereocenters. The van der Waals surface area contributed by atoms with E-state index >= 15 is 0 Å². The third-order valence-corrected chi connectivity index (χ3v) is 3.34. The van der Waals surface area contributed by atoms with Gasteiger partial charge in [0.2, 0.25) is 0 Å². The molecule has 2 N–H and O–H groups in total. The average molecular weight is 437 g/mol. The molecule has 4 heteroatoms. The molecule has 0 heterocycles. The maximum absolute atomic E-state index is 5.88. The molecule has 0 amide bonds. The first-order valence-corrected chi connectivity index (χ1v) is 6.79. The van der Waals surface area contributed by atoms with Crippen molar-refractivity contribution in [2.75, 3.05) is 5.73 Å². The van der Waals surface area contributed by atoms with E-state index in [1.807, 2.05) is 42.5 Å². The topological polar surface area (TPSA) is 35.2 Å². The third-order valence-electron chi connectivity index (χ3n) is 2.00. The molecule has 0 spiro atoms. The van der Waals surface area contributed by atoms with Crippen LogP contribution in [0.15, 0.2) is 42.5 Å². The van der Waals surface area contributed by atoms with Gasteiger partial charge in [0.25, 0.3) is 0 Å². The highest BCUT2D eigenvalue weighted by Crippen LogP contribution is 2.29. The monoisotopic (exact) mass is 437 g/mol. The molecule has 0 aliphatic heterocycles. The Morgan fingerprint density at radius 1 is 0.938 bits per heavy atom. The van der Waals surface area contributed by atoms with Gasteiger partial charge in [-0.05, 0) is 81.6 Å². The van der Waals surface area contributed by atoms with Crippen molar-refractivity contribution in [2.45, 2.75) is 0 Å². The van der Waals surface area contributed by atoms with E-state index in [2.05, 4.69) is 45.2 Å². The lowest BCUT2D eigenvalue weighted by molar-refractivity contribution is 0.484. The van der Waals surface area contributed by atoms with E-state index in [0.717, 1.165) is 12.9 Å². The van der Waals surface area contributed by atoms with Gasteiger partial charge >= 0.3 is 0 Å². The molecule has 2 rings (SSSR count). The number of anilines is 1. The van der Waals surface area contributed by atoms with E-state index in [4.69, 9.17) is 10.5 Å². The van der Waals surface area contributed by atoms with E-state index in [1.165, 1.54) is 0 Å². The van der Waals surface area contributed by atoms with Crippen molar-refractivity contribution in [3.8, 4) is 11.5 Å². The Labute approximate surface area is 121 Å². The molecule has 2 aromatic rings. The lowest BCUT2D eigenvalue weighted by atomic mass is 10.3. The summed E-state index contributed by atoms with van der Waals surface area (Å²) in [5.74, 6) is 1.50. The van der Waals surface area contributed by atoms with Crippen molar-refractivity contribution in [2.24, 2.45) is 0 Å². The van der Waals surface area contributed by atoms with Gasteiger partial charge in [0, 0.05) is 7.14 Å². The van der Waals surface area contributed by atoms with Gasteiger partial charge in [-0.2, -0.15) is 0 Å². The minimum Gasteiger partial charge on any atom is -0.455 e. The molecule has 16 heavy (non-hydrogen) atoms. The van der Waals surface area contributed by atoms with Crippen LogP contribution in [0.25, 0.3) is 0 Å². The molecule has 82 valence electrons. The van der Waals surface area contributed by atoms with Gasteiger partial charge in [-0.3, -0.25) is 0 Å². The van der Waals surface area contributed by atoms with E-state index < -0.39 is 0 Å². The van der Waals surface area contributed by atoms with Gasteiger partial charge in [0.1, 0.15) is 11.5 Å². The van der Waals surface area contributed by atoms with Crippen molar-refractivity contribution >= 4 is 50.9 Å². The highest BCUT2D eigenvalue weighted by atomic mass is 127. The van der Waals surface area contributed by atoms with Gasteiger partial charge in [-0.1, -0.05) is 6.07 Å². The first kappa shape index (κ1) is 12.0. The fourth-order valence-electron chi connectivity index (χ4n) is 1.27. The minimum absolute atomic E-state index is 0.658. The van der Waals surface area contributed by atoms with Crippen molar-refractivity contribution in [3.05, 3.63) is 49.6 Å². The van der Waals surface area contributed by atoms with E-state index in [0.29, 0.717) is 11.4 Å². The summed E-state index contributed by atoms with van der Waals surface area (Å²) in [5, 5.41) is 0. The molecular weight excluding hydrogens is 428 g/mol. The van der Waals surface area contributed by atoms with Gasteiger partial charge in [-0.25, -0.2) is 0 Å². The van der Waals surface area contributed by atoms with Gasteiger partial charge in [0.15, 0.2) is 0 Å². The molecule has 2 nitrogen and oxygen atoms in total. The number of halogens is 2. The molecule has 0 aromatic heterocycles. The lowest BCUT2D eigenvalue weighted by Gasteiger charge is -2.08. The number of hydrogen-bond acceptors (Lipinski definition) is 2. The second-order valence-corrected chi connectivity index (χ2v) is 5.73. The summed E-state index contributed by atoms with van der Waals surface area (Å²) in [6, 6.07) is 13.6. The molecule has 0 saturated heterocycles. The van der Waals surface area contributed by atoms with Crippen LogP contribution in [0.1, 0.15) is 0 Å². The van der Waals surface area contributed by atoms with E-state index in [1.54, 1.807) is 0 Å². The number of benzene rings is 2. The van der Waals surface area contributed by atoms with Crippen LogP contribution in [0, 0.1) is 7.14 Å². The van der Waals surface area contributed by atoms with Crippen LogP contribution in [0.5, 0.6) is 11.5 Å². The Morgan fingerprint density at radius 3 is 2.38 bits per heavy atom. The largest absolute Gasteiger partial charge is 0.455 e. The highest BCUT2D eigenvalue weighted by molar-refractivity contribution is 14.1. The van der Waals surface area contributed by atoms with E-state index in [-0.39, 0.29) is 0 Å². The number of ether oxygens (including phenoxy) is 1. The molecule has 0 bridgehead atoms. The zero-order valence-electron chi connectivity index (χ0n) is 8.28. The molecule has 0 aliphatic rings. The van der Waals surface area contributed by atoms with Gasteiger partial charge in [0.05, 0.1) is 5.69 Å². The number of nitrogen functional groups attached to an aromatic ring is 1. The summed E-state index contributed by atoms with van der Waals surface area (Å²) in [6.45, 7) is 0. The summed E-state index contributed by atoms with van der Waals surface area (Å²) in [4.78, 5) is 0. The lowest BCUT2D eigenvalue weighted by Crippen LogP contribution is -1.92. The first-order chi connectivity index (χ1) is 7.65. The Kier molecular flexibility index (Phi) is 3.91. The second kappa shape index (κ2) is 5.22. The summed E-state index contributed by atoms with van der Waals surface area (Å²) < 4.78 is 7.95. The quantitative estimate of drug-likeness (QED) is 0.563. The Bertz CT molecular complexity index is 514. The fraction of sp³-hybridized carbons (Fsp3) is 0. The SMILES string of the molecule is Nc1cc(I)ccc1Oc1cccc(I)c1. The van der Waals surface area contributed by atoms with Gasteiger partial charge in [-0.15, -0.1) is 0 Å². The molecule has 0 saturated carbocycles. The minimum atomic E-state index is 0.658. The third kappa shape index (κ3) is 3.00. The predicted octanol–water partition coefficient (Wildman–Crippen LogP) is 4.27. The summed E-state index contributed by atoms with van der Waals surface area (Å²) in [7, 11) is 0. The summed E-state index contributed by atoms with van der Waals surface area (Å²) >= 11 is 4.47. The van der Waals surface area contributed by atoms with Crippen molar-refractivity contribution in [1.29, 1.82) is 0 Å².